The van der Waals surface area contributed by atoms with Gasteiger partial charge in [-0.15, -0.1) is 0 Å². The Kier molecular flexibility index (Phi) is 5.67. The van der Waals surface area contributed by atoms with E-state index < -0.39 is 18.0 Å². The number of amides is 1. The van der Waals surface area contributed by atoms with Gasteiger partial charge in [-0.25, -0.2) is 4.79 Å². The third kappa shape index (κ3) is 4.23. The Hall–Kier alpha value is -2.58. The van der Waals surface area contributed by atoms with Crippen molar-refractivity contribution in [2.24, 2.45) is 0 Å². The molecule has 1 fully saturated rings. The van der Waals surface area contributed by atoms with E-state index in [1.54, 1.807) is 19.1 Å². The minimum atomic E-state index is -1.10. The van der Waals surface area contributed by atoms with Crippen molar-refractivity contribution in [1.82, 2.24) is 5.16 Å². The molecule has 2 N–H and O–H groups in total. The van der Waals surface area contributed by atoms with E-state index in [2.05, 4.69) is 10.5 Å². The van der Waals surface area contributed by atoms with Gasteiger partial charge in [0.1, 0.15) is 11.2 Å². The van der Waals surface area contributed by atoms with Crippen molar-refractivity contribution in [1.29, 1.82) is 0 Å². The van der Waals surface area contributed by atoms with E-state index in [1.165, 1.54) is 12.1 Å². The second kappa shape index (κ2) is 7.98. The molecule has 0 saturated carbocycles. The molecule has 1 amide bonds. The predicted octanol–water partition coefficient (Wildman–Crippen LogP) is 2.79. The van der Waals surface area contributed by atoms with Crippen molar-refractivity contribution < 1.29 is 28.7 Å². The first-order chi connectivity index (χ1) is 12.9. The van der Waals surface area contributed by atoms with Gasteiger partial charge in [0.2, 0.25) is 5.91 Å². The van der Waals surface area contributed by atoms with Crippen LogP contribution in [0.2, 0.25) is 5.02 Å². The van der Waals surface area contributed by atoms with E-state index >= 15 is 0 Å². The highest BCUT2D eigenvalue weighted by atomic mass is 35.5. The molecule has 1 aliphatic heterocycles. The van der Waals surface area contributed by atoms with E-state index in [4.69, 9.17) is 30.7 Å². The lowest BCUT2D eigenvalue weighted by Gasteiger charge is -2.33. The van der Waals surface area contributed by atoms with Crippen LogP contribution in [-0.2, 0) is 19.7 Å². The molecule has 0 spiro atoms. The molecule has 1 aliphatic rings. The molecule has 0 unspecified atom stereocenters. The van der Waals surface area contributed by atoms with Crippen molar-refractivity contribution in [2.75, 3.05) is 25.1 Å². The summed E-state index contributed by atoms with van der Waals surface area (Å²) < 4.78 is 15.9. The van der Waals surface area contributed by atoms with Crippen molar-refractivity contribution in [3.63, 3.8) is 0 Å². The predicted molar refractivity (Wildman–Crippen MR) is 96.2 cm³/mol. The maximum atomic E-state index is 13.1. The summed E-state index contributed by atoms with van der Waals surface area (Å²) in [6.45, 7) is 2.18. The van der Waals surface area contributed by atoms with Gasteiger partial charge in [-0.2, -0.15) is 0 Å². The van der Waals surface area contributed by atoms with Crippen molar-refractivity contribution in [3.05, 3.63) is 40.7 Å². The number of anilines is 1. The number of benzene rings is 1. The molecule has 0 bridgehead atoms. The van der Waals surface area contributed by atoms with Crippen LogP contribution in [0, 0.1) is 6.92 Å². The Morgan fingerprint density at radius 3 is 2.67 bits per heavy atom. The molecule has 0 aliphatic carbocycles. The maximum absolute atomic E-state index is 13.1. The zero-order valence-electron chi connectivity index (χ0n) is 14.7. The molecule has 1 saturated heterocycles. The van der Waals surface area contributed by atoms with E-state index in [9.17, 15) is 9.59 Å². The van der Waals surface area contributed by atoms with E-state index in [0.717, 1.165) is 0 Å². The van der Waals surface area contributed by atoms with E-state index in [-0.39, 0.29) is 16.7 Å². The average molecular weight is 395 g/mol. The van der Waals surface area contributed by atoms with Crippen LogP contribution < -0.4 is 10.1 Å². The van der Waals surface area contributed by atoms with Gasteiger partial charge in [0.05, 0.1) is 10.7 Å². The first kappa shape index (κ1) is 19.2. The molecule has 144 valence electrons. The number of aryl methyl sites for hydroxylation is 1. The molecule has 9 heteroatoms. The number of carboxylic acid groups (broad SMARTS) is 1. The summed E-state index contributed by atoms with van der Waals surface area (Å²) in [4.78, 5) is 23.7. The fraction of sp³-hybridized carbons (Fsp3) is 0.389. The first-order valence-corrected chi connectivity index (χ1v) is 8.76. The molecular formula is C18H19ClN2O6. The van der Waals surface area contributed by atoms with Gasteiger partial charge in [0, 0.05) is 25.0 Å². The minimum Gasteiger partial charge on any atom is -0.480 e. The van der Waals surface area contributed by atoms with Gasteiger partial charge in [-0.3, -0.25) is 4.79 Å². The smallest absolute Gasteiger partial charge is 0.341 e. The summed E-state index contributed by atoms with van der Waals surface area (Å²) >= 11 is 6.12. The fourth-order valence-corrected chi connectivity index (χ4v) is 3.22. The Balaban J connectivity index is 1.80. The number of hydrogen-bond donors (Lipinski definition) is 2. The van der Waals surface area contributed by atoms with Crippen LogP contribution >= 0.6 is 11.6 Å². The highest BCUT2D eigenvalue weighted by Crippen LogP contribution is 2.37. The molecule has 3 rings (SSSR count). The number of carbonyl (C=O) groups excluding carboxylic acids is 1. The van der Waals surface area contributed by atoms with Crippen LogP contribution in [-0.4, -0.2) is 42.0 Å². The second-order valence-electron chi connectivity index (χ2n) is 6.31. The molecule has 1 aromatic carbocycles. The number of hydrogen-bond acceptors (Lipinski definition) is 6. The normalized spacial score (nSPS) is 15.9. The number of ether oxygens (including phenoxy) is 2. The van der Waals surface area contributed by atoms with Crippen molar-refractivity contribution >= 4 is 29.2 Å². The zero-order chi connectivity index (χ0) is 19.4. The van der Waals surface area contributed by atoms with Gasteiger partial charge in [-0.05, 0) is 38.0 Å². The summed E-state index contributed by atoms with van der Waals surface area (Å²) in [7, 11) is 0. The lowest BCUT2D eigenvalue weighted by atomic mass is 9.77. The topological polar surface area (TPSA) is 111 Å². The van der Waals surface area contributed by atoms with Gasteiger partial charge < -0.3 is 24.4 Å². The quantitative estimate of drug-likeness (QED) is 0.774. The standard InChI is InChI=1S/C18H19ClN2O6/c1-11-8-15(27-21-11)18(4-6-25-7-5-18)17(24)20-12-2-3-14(13(19)9-12)26-10-16(22)23/h2-3,8-9H,4-7,10H2,1H3,(H,20,24)(H,22,23). The van der Waals surface area contributed by atoms with Crippen molar-refractivity contribution in [3.8, 4) is 5.75 Å². The van der Waals surface area contributed by atoms with Crippen LogP contribution in [0.25, 0.3) is 0 Å². The summed E-state index contributed by atoms with van der Waals surface area (Å²) in [6, 6.07) is 6.38. The second-order valence-corrected chi connectivity index (χ2v) is 6.72. The zero-order valence-corrected chi connectivity index (χ0v) is 15.4. The molecule has 27 heavy (non-hydrogen) atoms. The number of halogens is 1. The first-order valence-electron chi connectivity index (χ1n) is 8.38. The molecule has 8 nitrogen and oxygen atoms in total. The number of nitrogens with zero attached hydrogens (tertiary/aromatic N) is 1. The lowest BCUT2D eigenvalue weighted by Crippen LogP contribution is -2.44. The molecular weight excluding hydrogens is 376 g/mol. The van der Waals surface area contributed by atoms with Crippen LogP contribution in [0.4, 0.5) is 5.69 Å². The number of aromatic nitrogens is 1. The van der Waals surface area contributed by atoms with Crippen LogP contribution in [0.15, 0.2) is 28.8 Å². The summed E-state index contributed by atoms with van der Waals surface area (Å²) in [5.74, 6) is -0.610. The molecule has 2 heterocycles. The summed E-state index contributed by atoms with van der Waals surface area (Å²) in [6.07, 6.45) is 0.946. The SMILES string of the molecule is Cc1cc(C2(C(=O)Nc3ccc(OCC(=O)O)c(Cl)c3)CCOCC2)on1. The molecule has 2 aromatic rings. The number of carbonyl (C=O) groups is 2. The highest BCUT2D eigenvalue weighted by molar-refractivity contribution is 6.32. The monoisotopic (exact) mass is 394 g/mol. The Morgan fingerprint density at radius 1 is 1.33 bits per heavy atom. The highest BCUT2D eigenvalue weighted by Gasteiger charge is 2.45. The Morgan fingerprint density at radius 2 is 2.07 bits per heavy atom. The molecule has 0 atom stereocenters. The lowest BCUT2D eigenvalue weighted by molar-refractivity contribution is -0.139. The van der Waals surface area contributed by atoms with Gasteiger partial charge in [-0.1, -0.05) is 16.8 Å². The van der Waals surface area contributed by atoms with Gasteiger partial charge >= 0.3 is 5.97 Å². The third-order valence-electron chi connectivity index (χ3n) is 4.42. The number of nitrogens with one attached hydrogen (secondary N) is 1. The van der Waals surface area contributed by atoms with E-state index in [0.29, 0.717) is 43.2 Å². The Bertz CT molecular complexity index is 844. The van der Waals surface area contributed by atoms with Crippen LogP contribution in [0.5, 0.6) is 5.75 Å². The number of rotatable bonds is 6. The summed E-state index contributed by atoms with van der Waals surface area (Å²) in [5, 5.41) is 15.6. The fourth-order valence-electron chi connectivity index (χ4n) is 2.98. The summed E-state index contributed by atoms with van der Waals surface area (Å²) in [5.41, 5.74) is 0.297. The van der Waals surface area contributed by atoms with E-state index in [1.807, 2.05) is 0 Å². The molecule has 1 aromatic heterocycles. The number of aliphatic carboxylic acids is 1. The number of carboxylic acids is 1. The van der Waals surface area contributed by atoms with Crippen LogP contribution in [0.3, 0.4) is 0 Å². The maximum Gasteiger partial charge on any atom is 0.341 e. The van der Waals surface area contributed by atoms with Gasteiger partial charge in [0.15, 0.2) is 12.4 Å². The average Bonchev–Trinajstić information content (AvgIpc) is 3.08. The third-order valence-corrected chi connectivity index (χ3v) is 4.72. The van der Waals surface area contributed by atoms with Crippen LogP contribution in [0.1, 0.15) is 24.3 Å². The largest absolute Gasteiger partial charge is 0.480 e. The molecule has 0 radical (unpaired) electrons. The minimum absolute atomic E-state index is 0.200. The van der Waals surface area contributed by atoms with Gasteiger partial charge in [0.25, 0.3) is 0 Å². The Labute approximate surface area is 160 Å². The van der Waals surface area contributed by atoms with Crippen molar-refractivity contribution in [2.45, 2.75) is 25.2 Å².